The van der Waals surface area contributed by atoms with Gasteiger partial charge in [0.1, 0.15) is 5.82 Å². The van der Waals surface area contributed by atoms with Crippen molar-refractivity contribution in [2.24, 2.45) is 5.92 Å². The van der Waals surface area contributed by atoms with E-state index in [0.29, 0.717) is 5.69 Å². The Balaban J connectivity index is 1.48. The van der Waals surface area contributed by atoms with Gasteiger partial charge in [0.15, 0.2) is 0 Å². The molecule has 2 atom stereocenters. The second-order valence-electron chi connectivity index (χ2n) is 6.94. The molecule has 4 rings (SSSR count). The van der Waals surface area contributed by atoms with Crippen LogP contribution in [0, 0.1) is 11.7 Å². The SMILES string of the molecule is O=C(O)Cc1ccc(NC(=O)C2CC23CCc2ccccc23)cc1F. The summed E-state index contributed by atoms with van der Waals surface area (Å²) in [5.41, 5.74) is 3.02. The summed E-state index contributed by atoms with van der Waals surface area (Å²) in [6.45, 7) is 0. The minimum Gasteiger partial charge on any atom is -0.481 e. The van der Waals surface area contributed by atoms with Crippen molar-refractivity contribution in [3.05, 3.63) is 65.0 Å². The molecule has 2 aromatic rings. The van der Waals surface area contributed by atoms with Gasteiger partial charge in [-0.1, -0.05) is 30.3 Å². The molecule has 0 aliphatic heterocycles. The van der Waals surface area contributed by atoms with Crippen LogP contribution in [0.15, 0.2) is 42.5 Å². The Morgan fingerprint density at radius 2 is 2.04 bits per heavy atom. The highest BCUT2D eigenvalue weighted by Crippen LogP contribution is 2.61. The first kappa shape index (κ1) is 15.8. The minimum absolute atomic E-state index is 0.0531. The number of fused-ring (bicyclic) bond motifs is 2. The zero-order valence-electron chi connectivity index (χ0n) is 13.6. The van der Waals surface area contributed by atoms with E-state index in [-0.39, 0.29) is 29.2 Å². The van der Waals surface area contributed by atoms with Crippen molar-refractivity contribution >= 4 is 17.6 Å². The van der Waals surface area contributed by atoms with E-state index in [2.05, 4.69) is 17.4 Å². The lowest BCUT2D eigenvalue weighted by molar-refractivity contribution is -0.136. The van der Waals surface area contributed by atoms with E-state index < -0.39 is 11.8 Å². The predicted molar refractivity (Wildman–Crippen MR) is 90.9 cm³/mol. The number of hydrogen-bond donors (Lipinski definition) is 2. The third-order valence-corrected chi connectivity index (χ3v) is 5.45. The summed E-state index contributed by atoms with van der Waals surface area (Å²) in [5, 5.41) is 11.5. The molecule has 2 aromatic carbocycles. The fraction of sp³-hybridized carbons (Fsp3) is 0.300. The first-order valence-corrected chi connectivity index (χ1v) is 8.39. The molecule has 0 bridgehead atoms. The zero-order chi connectivity index (χ0) is 17.6. The van der Waals surface area contributed by atoms with Gasteiger partial charge in [0.25, 0.3) is 0 Å². The Labute approximate surface area is 144 Å². The van der Waals surface area contributed by atoms with Gasteiger partial charge in [0, 0.05) is 17.0 Å². The van der Waals surface area contributed by atoms with E-state index in [0.717, 1.165) is 19.3 Å². The Morgan fingerprint density at radius 1 is 1.24 bits per heavy atom. The Kier molecular flexibility index (Phi) is 3.60. The second-order valence-corrected chi connectivity index (χ2v) is 6.94. The van der Waals surface area contributed by atoms with Crippen LogP contribution >= 0.6 is 0 Å². The molecular formula is C20H18FNO3. The molecule has 1 spiro atoms. The molecule has 0 saturated heterocycles. The van der Waals surface area contributed by atoms with Crippen molar-refractivity contribution < 1.29 is 19.1 Å². The van der Waals surface area contributed by atoms with E-state index in [1.165, 1.54) is 23.3 Å². The molecule has 25 heavy (non-hydrogen) atoms. The maximum atomic E-state index is 14.0. The van der Waals surface area contributed by atoms with Gasteiger partial charge in [-0.25, -0.2) is 4.39 Å². The highest BCUT2D eigenvalue weighted by molar-refractivity contribution is 5.96. The van der Waals surface area contributed by atoms with Crippen molar-refractivity contribution in [1.82, 2.24) is 0 Å². The fourth-order valence-corrected chi connectivity index (χ4v) is 4.10. The number of rotatable bonds is 4. The number of carbonyl (C=O) groups is 2. The molecule has 128 valence electrons. The van der Waals surface area contributed by atoms with Crippen LogP contribution in [-0.2, 0) is 27.8 Å². The molecule has 1 saturated carbocycles. The van der Waals surface area contributed by atoms with Crippen LogP contribution in [-0.4, -0.2) is 17.0 Å². The van der Waals surface area contributed by atoms with E-state index in [1.807, 2.05) is 12.1 Å². The number of anilines is 1. The van der Waals surface area contributed by atoms with Crippen molar-refractivity contribution in [2.75, 3.05) is 5.32 Å². The quantitative estimate of drug-likeness (QED) is 0.898. The number of hydrogen-bond acceptors (Lipinski definition) is 2. The third-order valence-electron chi connectivity index (χ3n) is 5.45. The molecule has 2 aliphatic rings. The molecule has 0 heterocycles. The molecule has 1 fully saturated rings. The number of carbonyl (C=O) groups excluding carboxylic acids is 1. The molecule has 0 aromatic heterocycles. The molecule has 2 N–H and O–H groups in total. The maximum Gasteiger partial charge on any atom is 0.307 e. The molecule has 2 unspecified atom stereocenters. The summed E-state index contributed by atoms with van der Waals surface area (Å²) in [4.78, 5) is 23.3. The molecule has 2 aliphatic carbocycles. The molecular weight excluding hydrogens is 321 g/mol. The molecule has 0 radical (unpaired) electrons. The highest BCUT2D eigenvalue weighted by Gasteiger charge is 2.61. The smallest absolute Gasteiger partial charge is 0.307 e. The monoisotopic (exact) mass is 339 g/mol. The minimum atomic E-state index is -1.09. The fourth-order valence-electron chi connectivity index (χ4n) is 4.10. The summed E-state index contributed by atoms with van der Waals surface area (Å²) < 4.78 is 14.0. The molecule has 1 amide bonds. The van der Waals surface area contributed by atoms with Gasteiger partial charge in [0.05, 0.1) is 6.42 Å². The number of halogens is 1. The lowest BCUT2D eigenvalue weighted by atomic mass is 9.95. The van der Waals surface area contributed by atoms with Crippen LogP contribution in [0.4, 0.5) is 10.1 Å². The summed E-state index contributed by atoms with van der Waals surface area (Å²) in [6.07, 6.45) is 2.44. The Bertz CT molecular complexity index is 879. The summed E-state index contributed by atoms with van der Waals surface area (Å²) >= 11 is 0. The second kappa shape index (κ2) is 5.69. The third kappa shape index (κ3) is 2.69. The van der Waals surface area contributed by atoms with Crippen LogP contribution in [0.25, 0.3) is 0 Å². The van der Waals surface area contributed by atoms with Gasteiger partial charge in [-0.3, -0.25) is 9.59 Å². The van der Waals surface area contributed by atoms with Crippen LogP contribution in [0.5, 0.6) is 0 Å². The van der Waals surface area contributed by atoms with E-state index in [9.17, 15) is 14.0 Å². The number of aliphatic carboxylic acids is 1. The number of carboxylic acid groups (broad SMARTS) is 1. The lowest BCUT2D eigenvalue weighted by Gasteiger charge is -2.12. The summed E-state index contributed by atoms with van der Waals surface area (Å²) in [6, 6.07) is 12.4. The first-order chi connectivity index (χ1) is 12.0. The van der Waals surface area contributed by atoms with Gasteiger partial charge < -0.3 is 10.4 Å². The van der Waals surface area contributed by atoms with Crippen LogP contribution in [0.1, 0.15) is 29.5 Å². The number of carboxylic acids is 1. The highest BCUT2D eigenvalue weighted by atomic mass is 19.1. The number of nitrogens with one attached hydrogen (secondary N) is 1. The summed E-state index contributed by atoms with van der Waals surface area (Å²) in [5.74, 6) is -1.88. The van der Waals surface area contributed by atoms with Crippen molar-refractivity contribution in [3.63, 3.8) is 0 Å². The lowest BCUT2D eigenvalue weighted by Crippen LogP contribution is -2.20. The van der Waals surface area contributed by atoms with E-state index in [4.69, 9.17) is 5.11 Å². The van der Waals surface area contributed by atoms with E-state index in [1.54, 1.807) is 6.07 Å². The summed E-state index contributed by atoms with van der Waals surface area (Å²) in [7, 11) is 0. The molecule has 5 heteroatoms. The topological polar surface area (TPSA) is 66.4 Å². The van der Waals surface area contributed by atoms with Crippen molar-refractivity contribution in [2.45, 2.75) is 31.1 Å². The number of benzene rings is 2. The maximum absolute atomic E-state index is 14.0. The molecule has 4 nitrogen and oxygen atoms in total. The Morgan fingerprint density at radius 3 is 2.80 bits per heavy atom. The van der Waals surface area contributed by atoms with Crippen molar-refractivity contribution in [3.8, 4) is 0 Å². The van der Waals surface area contributed by atoms with Crippen LogP contribution in [0.2, 0.25) is 0 Å². The van der Waals surface area contributed by atoms with Crippen molar-refractivity contribution in [1.29, 1.82) is 0 Å². The average Bonchev–Trinajstić information content (AvgIpc) is 3.20. The standard InChI is InChI=1S/C20H18FNO3/c21-17-10-14(6-5-13(17)9-18(23)24)22-19(25)16-11-20(16)8-7-12-3-1-2-4-15(12)20/h1-6,10,16H,7-9,11H2,(H,22,25)(H,23,24). The first-order valence-electron chi connectivity index (χ1n) is 8.39. The zero-order valence-corrected chi connectivity index (χ0v) is 13.6. The normalized spacial score (nSPS) is 23.3. The van der Waals surface area contributed by atoms with Crippen LogP contribution in [0.3, 0.4) is 0 Å². The van der Waals surface area contributed by atoms with E-state index >= 15 is 0 Å². The largest absolute Gasteiger partial charge is 0.481 e. The predicted octanol–water partition coefficient (Wildman–Crippen LogP) is 3.30. The average molecular weight is 339 g/mol. The Hall–Kier alpha value is -2.69. The van der Waals surface area contributed by atoms with Crippen LogP contribution < -0.4 is 5.32 Å². The van der Waals surface area contributed by atoms with Gasteiger partial charge in [-0.2, -0.15) is 0 Å². The number of amides is 1. The van der Waals surface area contributed by atoms with Gasteiger partial charge in [-0.15, -0.1) is 0 Å². The van der Waals surface area contributed by atoms with Gasteiger partial charge >= 0.3 is 5.97 Å². The van der Waals surface area contributed by atoms with Gasteiger partial charge in [-0.05, 0) is 48.1 Å². The number of aryl methyl sites for hydroxylation is 1. The van der Waals surface area contributed by atoms with Gasteiger partial charge in [0.2, 0.25) is 5.91 Å².